The second-order valence-corrected chi connectivity index (χ2v) is 3.85. The Morgan fingerprint density at radius 2 is 2.12 bits per heavy atom. The first-order valence-corrected chi connectivity index (χ1v) is 5.21. The zero-order valence-electron chi connectivity index (χ0n) is 9.46. The third kappa shape index (κ3) is 2.47. The zero-order chi connectivity index (χ0) is 12.4. The molecule has 6 heteroatoms. The average Bonchev–Trinajstić information content (AvgIpc) is 2.78. The highest BCUT2D eigenvalue weighted by Gasteiger charge is 2.19. The molecule has 0 aromatic carbocycles. The van der Waals surface area contributed by atoms with Crippen molar-refractivity contribution in [3.63, 3.8) is 0 Å². The summed E-state index contributed by atoms with van der Waals surface area (Å²) in [6.45, 7) is 3.42. The van der Waals surface area contributed by atoms with Crippen LogP contribution in [0.4, 0.5) is 4.39 Å². The lowest BCUT2D eigenvalue weighted by Crippen LogP contribution is -2.11. The summed E-state index contributed by atoms with van der Waals surface area (Å²) < 4.78 is 17.7. The van der Waals surface area contributed by atoms with Crippen LogP contribution < -0.4 is 0 Å². The van der Waals surface area contributed by atoms with E-state index >= 15 is 0 Å². The van der Waals surface area contributed by atoms with Gasteiger partial charge in [0.05, 0.1) is 18.2 Å². The predicted octanol–water partition coefficient (Wildman–Crippen LogP) is 1.75. The minimum atomic E-state index is -0.579. The van der Waals surface area contributed by atoms with Crippen LogP contribution in [0.25, 0.3) is 11.5 Å². The number of pyridine rings is 1. The van der Waals surface area contributed by atoms with Crippen molar-refractivity contribution >= 4 is 0 Å². The van der Waals surface area contributed by atoms with Gasteiger partial charge in [-0.25, -0.2) is 9.37 Å². The summed E-state index contributed by atoms with van der Waals surface area (Å²) in [5.74, 6) is -0.0554. The zero-order valence-corrected chi connectivity index (χ0v) is 9.46. The number of aromatic nitrogens is 3. The topological polar surface area (TPSA) is 72.0 Å². The van der Waals surface area contributed by atoms with E-state index in [1.807, 2.05) is 0 Å². The van der Waals surface area contributed by atoms with E-state index in [1.54, 1.807) is 13.8 Å². The van der Waals surface area contributed by atoms with Crippen molar-refractivity contribution in [2.45, 2.75) is 25.9 Å². The molecule has 5 nitrogen and oxygen atoms in total. The van der Waals surface area contributed by atoms with Gasteiger partial charge in [-0.3, -0.25) is 0 Å². The molecule has 17 heavy (non-hydrogen) atoms. The van der Waals surface area contributed by atoms with Gasteiger partial charge in [-0.2, -0.15) is 4.98 Å². The number of nitrogens with zero attached hydrogens (tertiary/aromatic N) is 3. The molecule has 0 saturated heterocycles. The molecule has 2 aromatic rings. The maximum atomic E-state index is 12.7. The molecule has 1 N–H and O–H groups in total. The van der Waals surface area contributed by atoms with Crippen molar-refractivity contribution in [1.82, 2.24) is 15.1 Å². The summed E-state index contributed by atoms with van der Waals surface area (Å²) in [7, 11) is 0. The van der Waals surface area contributed by atoms with Crippen molar-refractivity contribution < 1.29 is 14.0 Å². The van der Waals surface area contributed by atoms with Gasteiger partial charge in [-0.05, 0) is 19.1 Å². The van der Waals surface area contributed by atoms with E-state index in [4.69, 9.17) is 4.52 Å². The van der Waals surface area contributed by atoms with Crippen LogP contribution in [-0.2, 0) is 0 Å². The molecule has 2 aromatic heterocycles. The van der Waals surface area contributed by atoms with Gasteiger partial charge in [0.15, 0.2) is 0 Å². The molecule has 2 heterocycles. The van der Waals surface area contributed by atoms with Crippen molar-refractivity contribution in [1.29, 1.82) is 0 Å². The minimum Gasteiger partial charge on any atom is -0.393 e. The summed E-state index contributed by atoms with van der Waals surface area (Å²) in [6, 6.07) is 2.74. The Kier molecular flexibility index (Phi) is 3.14. The van der Waals surface area contributed by atoms with Crippen LogP contribution in [0, 0.1) is 5.82 Å². The van der Waals surface area contributed by atoms with Gasteiger partial charge in [0, 0.05) is 0 Å². The Labute approximate surface area is 97.3 Å². The maximum Gasteiger partial charge on any atom is 0.232 e. The molecular weight excluding hydrogens is 225 g/mol. The molecule has 2 unspecified atom stereocenters. The second-order valence-electron chi connectivity index (χ2n) is 3.85. The number of rotatable bonds is 3. The Hall–Kier alpha value is -1.82. The molecule has 0 amide bonds. The van der Waals surface area contributed by atoms with Gasteiger partial charge >= 0.3 is 0 Å². The summed E-state index contributed by atoms with van der Waals surface area (Å²) >= 11 is 0. The molecule has 0 saturated carbocycles. The summed E-state index contributed by atoms with van der Waals surface area (Å²) in [5.41, 5.74) is 0.430. The predicted molar refractivity (Wildman–Crippen MR) is 57.6 cm³/mol. The van der Waals surface area contributed by atoms with Gasteiger partial charge < -0.3 is 9.63 Å². The lowest BCUT2D eigenvalue weighted by atomic mass is 10.1. The molecule has 90 valence electrons. The molecule has 0 aliphatic carbocycles. The first kappa shape index (κ1) is 11.7. The lowest BCUT2D eigenvalue weighted by molar-refractivity contribution is 0.151. The molecule has 0 bridgehead atoms. The maximum absolute atomic E-state index is 12.7. The number of aliphatic hydroxyl groups excluding tert-OH is 1. The standard InChI is InChI=1S/C11H12FN3O2/c1-6(7(2)16)11-14-10(15-17-11)9-4-3-8(12)5-13-9/h3-7,16H,1-2H3. The first-order chi connectivity index (χ1) is 8.08. The van der Waals surface area contributed by atoms with E-state index in [-0.39, 0.29) is 11.7 Å². The van der Waals surface area contributed by atoms with Gasteiger partial charge in [0.2, 0.25) is 11.7 Å². The number of halogens is 1. The first-order valence-electron chi connectivity index (χ1n) is 5.21. The largest absolute Gasteiger partial charge is 0.393 e. The molecule has 0 fully saturated rings. The van der Waals surface area contributed by atoms with Crippen molar-refractivity contribution in [2.24, 2.45) is 0 Å². The molecule has 0 spiro atoms. The highest BCUT2D eigenvalue weighted by atomic mass is 19.1. The fraction of sp³-hybridized carbons (Fsp3) is 0.364. The average molecular weight is 237 g/mol. The monoisotopic (exact) mass is 237 g/mol. The third-order valence-electron chi connectivity index (χ3n) is 2.51. The Morgan fingerprint density at radius 1 is 1.35 bits per heavy atom. The van der Waals surface area contributed by atoms with E-state index in [2.05, 4.69) is 15.1 Å². The molecular formula is C11H12FN3O2. The van der Waals surface area contributed by atoms with Gasteiger partial charge in [0.1, 0.15) is 11.5 Å². The van der Waals surface area contributed by atoms with Gasteiger partial charge in [-0.15, -0.1) is 0 Å². The van der Waals surface area contributed by atoms with Crippen LogP contribution in [0.2, 0.25) is 0 Å². The lowest BCUT2D eigenvalue weighted by Gasteiger charge is -2.07. The number of hydrogen-bond acceptors (Lipinski definition) is 5. The van der Waals surface area contributed by atoms with Crippen molar-refractivity contribution in [3.05, 3.63) is 30.0 Å². The van der Waals surface area contributed by atoms with E-state index in [0.717, 1.165) is 6.20 Å². The molecule has 2 atom stereocenters. The Bertz CT molecular complexity index is 496. The van der Waals surface area contributed by atoms with E-state index < -0.39 is 11.9 Å². The van der Waals surface area contributed by atoms with Crippen LogP contribution in [-0.4, -0.2) is 26.3 Å². The fourth-order valence-electron chi connectivity index (χ4n) is 1.24. The molecule has 2 rings (SSSR count). The van der Waals surface area contributed by atoms with Crippen LogP contribution in [0.15, 0.2) is 22.9 Å². The summed E-state index contributed by atoms with van der Waals surface area (Å²) in [4.78, 5) is 7.95. The Morgan fingerprint density at radius 3 is 2.71 bits per heavy atom. The number of aliphatic hydroxyl groups is 1. The van der Waals surface area contributed by atoms with E-state index in [9.17, 15) is 9.50 Å². The number of hydrogen-bond donors (Lipinski definition) is 1. The molecule has 0 radical (unpaired) electrons. The summed E-state index contributed by atoms with van der Waals surface area (Å²) in [6.07, 6.45) is 0.508. The fourth-order valence-corrected chi connectivity index (χ4v) is 1.24. The smallest absolute Gasteiger partial charge is 0.232 e. The van der Waals surface area contributed by atoms with Crippen LogP contribution in [0.1, 0.15) is 25.7 Å². The second kappa shape index (κ2) is 4.58. The highest BCUT2D eigenvalue weighted by Crippen LogP contribution is 2.20. The Balaban J connectivity index is 2.26. The highest BCUT2D eigenvalue weighted by molar-refractivity contribution is 5.47. The van der Waals surface area contributed by atoms with Crippen LogP contribution >= 0.6 is 0 Å². The summed E-state index contributed by atoms with van der Waals surface area (Å²) in [5, 5.41) is 13.1. The minimum absolute atomic E-state index is 0.253. The molecule has 0 aliphatic rings. The third-order valence-corrected chi connectivity index (χ3v) is 2.51. The SMILES string of the molecule is CC(O)C(C)c1nc(-c2ccc(F)cn2)no1. The van der Waals surface area contributed by atoms with Crippen molar-refractivity contribution in [2.75, 3.05) is 0 Å². The van der Waals surface area contributed by atoms with Crippen molar-refractivity contribution in [3.8, 4) is 11.5 Å². The van der Waals surface area contributed by atoms with E-state index in [0.29, 0.717) is 11.6 Å². The normalized spacial score (nSPS) is 14.6. The van der Waals surface area contributed by atoms with Crippen LogP contribution in [0.3, 0.4) is 0 Å². The van der Waals surface area contributed by atoms with E-state index in [1.165, 1.54) is 12.1 Å². The van der Waals surface area contributed by atoms with Gasteiger partial charge in [0.25, 0.3) is 0 Å². The van der Waals surface area contributed by atoms with Crippen LogP contribution in [0.5, 0.6) is 0 Å². The van der Waals surface area contributed by atoms with Gasteiger partial charge in [-0.1, -0.05) is 12.1 Å². The quantitative estimate of drug-likeness (QED) is 0.880. The molecule has 0 aliphatic heterocycles.